The Morgan fingerprint density at radius 1 is 1.18 bits per heavy atom. The van der Waals surface area contributed by atoms with E-state index in [0.717, 1.165) is 43.1 Å². The molecule has 3 rings (SSSR count). The van der Waals surface area contributed by atoms with Crippen molar-refractivity contribution in [3.63, 3.8) is 0 Å². The lowest BCUT2D eigenvalue weighted by atomic mass is 9.86. The van der Waals surface area contributed by atoms with Crippen LogP contribution in [0.4, 0.5) is 11.6 Å². The molecule has 1 fully saturated rings. The van der Waals surface area contributed by atoms with Crippen molar-refractivity contribution in [3.05, 3.63) is 46.7 Å². The molecule has 0 spiro atoms. The monoisotopic (exact) mass is 401 g/mol. The zero-order valence-corrected chi connectivity index (χ0v) is 17.5. The predicted octanol–water partition coefficient (Wildman–Crippen LogP) is 3.91. The molecule has 28 heavy (non-hydrogen) atoms. The van der Waals surface area contributed by atoms with Gasteiger partial charge < -0.3 is 15.5 Å². The molecule has 1 aliphatic rings. The lowest BCUT2D eigenvalue weighted by Crippen LogP contribution is -2.34. The van der Waals surface area contributed by atoms with E-state index in [9.17, 15) is 4.79 Å². The van der Waals surface area contributed by atoms with Crippen LogP contribution in [0.25, 0.3) is 0 Å². The summed E-state index contributed by atoms with van der Waals surface area (Å²) in [5.74, 6) is 3.01. The Labute approximate surface area is 171 Å². The molecule has 6 nitrogen and oxygen atoms in total. The van der Waals surface area contributed by atoms with E-state index >= 15 is 0 Å². The van der Waals surface area contributed by atoms with Crippen LogP contribution in [0, 0.1) is 12.8 Å². The summed E-state index contributed by atoms with van der Waals surface area (Å²) in [5, 5.41) is 7.18. The first-order chi connectivity index (χ1) is 13.4. The summed E-state index contributed by atoms with van der Waals surface area (Å²) in [6.07, 6.45) is 4.30. The van der Waals surface area contributed by atoms with E-state index in [1.165, 1.54) is 0 Å². The molecular weight excluding hydrogens is 374 g/mol. The maximum atomic E-state index is 12.3. The van der Waals surface area contributed by atoms with Crippen molar-refractivity contribution in [1.29, 1.82) is 0 Å². The molecule has 1 saturated carbocycles. The molecule has 2 N–H and O–H groups in total. The fourth-order valence-corrected chi connectivity index (χ4v) is 3.73. The van der Waals surface area contributed by atoms with Crippen LogP contribution in [-0.4, -0.2) is 42.6 Å². The molecule has 1 heterocycles. The van der Waals surface area contributed by atoms with Gasteiger partial charge in [-0.1, -0.05) is 17.7 Å². The molecule has 1 aromatic heterocycles. The number of amides is 1. The molecule has 7 heteroatoms. The zero-order valence-electron chi connectivity index (χ0n) is 16.7. The molecule has 0 aliphatic heterocycles. The summed E-state index contributed by atoms with van der Waals surface area (Å²) in [6.45, 7) is 2.62. The molecule has 1 aromatic carbocycles. The van der Waals surface area contributed by atoms with Crippen molar-refractivity contribution in [3.8, 4) is 0 Å². The second kappa shape index (κ2) is 9.24. The van der Waals surface area contributed by atoms with Gasteiger partial charge in [-0.2, -0.15) is 0 Å². The molecule has 1 aliphatic carbocycles. The minimum absolute atomic E-state index is 0.0598. The second-order valence-corrected chi connectivity index (χ2v) is 8.07. The van der Waals surface area contributed by atoms with Gasteiger partial charge in [0, 0.05) is 43.3 Å². The number of hydrogen-bond acceptors (Lipinski definition) is 5. The van der Waals surface area contributed by atoms with Crippen molar-refractivity contribution < 1.29 is 4.79 Å². The minimum Gasteiger partial charge on any atom is -0.367 e. The number of nitrogens with zero attached hydrogens (tertiary/aromatic N) is 3. The average molecular weight is 402 g/mol. The van der Waals surface area contributed by atoms with Crippen LogP contribution < -0.4 is 15.5 Å². The highest BCUT2D eigenvalue weighted by Gasteiger charge is 2.22. The Morgan fingerprint density at radius 2 is 1.93 bits per heavy atom. The molecule has 0 radical (unpaired) electrons. The van der Waals surface area contributed by atoms with Crippen LogP contribution in [-0.2, 0) is 0 Å². The normalized spacial score (nSPS) is 19.1. The summed E-state index contributed by atoms with van der Waals surface area (Å²) in [5.41, 5.74) is 0.610. The van der Waals surface area contributed by atoms with E-state index in [2.05, 4.69) is 20.6 Å². The first-order valence-electron chi connectivity index (χ1n) is 9.74. The number of hydrogen-bond donors (Lipinski definition) is 2. The third kappa shape index (κ3) is 5.58. The number of benzene rings is 1. The van der Waals surface area contributed by atoms with Gasteiger partial charge in [0.05, 0.1) is 0 Å². The second-order valence-electron chi connectivity index (χ2n) is 7.64. The lowest BCUT2D eigenvalue weighted by molar-refractivity contribution is 0.0943. The molecule has 1 amide bonds. The average Bonchev–Trinajstić information content (AvgIpc) is 2.66. The quantitative estimate of drug-likeness (QED) is 0.768. The maximum Gasteiger partial charge on any atom is 0.251 e. The van der Waals surface area contributed by atoms with Crippen LogP contribution in [0.5, 0.6) is 0 Å². The minimum atomic E-state index is -0.0598. The Bertz CT molecular complexity index is 818. The van der Waals surface area contributed by atoms with Crippen LogP contribution in [0.15, 0.2) is 30.3 Å². The number of aryl methyl sites for hydroxylation is 1. The van der Waals surface area contributed by atoms with Crippen LogP contribution in [0.3, 0.4) is 0 Å². The Morgan fingerprint density at radius 3 is 2.61 bits per heavy atom. The lowest BCUT2D eigenvalue weighted by Gasteiger charge is -2.29. The summed E-state index contributed by atoms with van der Waals surface area (Å²) in [7, 11) is 3.96. The van der Waals surface area contributed by atoms with Crippen molar-refractivity contribution in [2.24, 2.45) is 5.92 Å². The van der Waals surface area contributed by atoms with E-state index in [1.807, 2.05) is 32.0 Å². The molecule has 150 valence electrons. The number of aromatic nitrogens is 2. The standard InChI is InChI=1S/C21H28ClN5O/c1-14-24-19(12-20(25-14)27(2)3)26-18-9-7-15(8-10-18)13-23-21(28)16-5-4-6-17(22)11-16/h4-6,11-12,15,18H,7-10,13H2,1-3H3,(H,23,28)(H,24,25,26)/t15-,18+. The van der Waals surface area contributed by atoms with Gasteiger partial charge in [-0.3, -0.25) is 4.79 Å². The summed E-state index contributed by atoms with van der Waals surface area (Å²) < 4.78 is 0. The highest BCUT2D eigenvalue weighted by atomic mass is 35.5. The van der Waals surface area contributed by atoms with Gasteiger partial charge >= 0.3 is 0 Å². The number of carbonyl (C=O) groups excluding carboxylic acids is 1. The van der Waals surface area contributed by atoms with Crippen molar-refractivity contribution in [2.75, 3.05) is 30.9 Å². The fraction of sp³-hybridized carbons (Fsp3) is 0.476. The number of carbonyl (C=O) groups is 1. The first kappa shape index (κ1) is 20.4. The first-order valence-corrected chi connectivity index (χ1v) is 10.1. The number of nitrogens with one attached hydrogen (secondary N) is 2. The van der Waals surface area contributed by atoms with Crippen molar-refractivity contribution in [2.45, 2.75) is 38.6 Å². The predicted molar refractivity (Wildman–Crippen MR) is 114 cm³/mol. The van der Waals surface area contributed by atoms with Gasteiger partial charge in [0.25, 0.3) is 5.91 Å². The highest BCUT2D eigenvalue weighted by Crippen LogP contribution is 2.26. The SMILES string of the molecule is Cc1nc(N[C@H]2CC[C@@H](CNC(=O)c3cccc(Cl)c3)CC2)cc(N(C)C)n1. The van der Waals surface area contributed by atoms with E-state index in [0.29, 0.717) is 29.1 Å². The largest absolute Gasteiger partial charge is 0.367 e. The summed E-state index contributed by atoms with van der Waals surface area (Å²) in [4.78, 5) is 23.2. The van der Waals surface area contributed by atoms with E-state index in [4.69, 9.17) is 11.6 Å². The smallest absolute Gasteiger partial charge is 0.251 e. The van der Waals surface area contributed by atoms with E-state index in [-0.39, 0.29) is 5.91 Å². The molecule has 0 unspecified atom stereocenters. The van der Waals surface area contributed by atoms with Gasteiger partial charge in [-0.15, -0.1) is 0 Å². The van der Waals surface area contributed by atoms with Crippen LogP contribution in [0.1, 0.15) is 41.9 Å². The molecule has 0 saturated heterocycles. The molecule has 0 atom stereocenters. The number of rotatable bonds is 6. The summed E-state index contributed by atoms with van der Waals surface area (Å²) >= 11 is 5.96. The molecule has 2 aromatic rings. The number of halogens is 1. The van der Waals surface area contributed by atoms with E-state index < -0.39 is 0 Å². The van der Waals surface area contributed by atoms with Gasteiger partial charge in [0.15, 0.2) is 0 Å². The molecular formula is C21H28ClN5O. The van der Waals surface area contributed by atoms with Crippen LogP contribution >= 0.6 is 11.6 Å². The fourth-order valence-electron chi connectivity index (χ4n) is 3.54. The number of anilines is 2. The van der Waals surface area contributed by atoms with E-state index in [1.54, 1.807) is 24.3 Å². The topological polar surface area (TPSA) is 70.2 Å². The summed E-state index contributed by atoms with van der Waals surface area (Å²) in [6, 6.07) is 9.45. The van der Waals surface area contributed by atoms with Gasteiger partial charge in [-0.05, 0) is 56.7 Å². The van der Waals surface area contributed by atoms with Gasteiger partial charge in [0.2, 0.25) is 0 Å². The zero-order chi connectivity index (χ0) is 20.1. The van der Waals surface area contributed by atoms with Gasteiger partial charge in [-0.25, -0.2) is 9.97 Å². The van der Waals surface area contributed by atoms with Crippen molar-refractivity contribution in [1.82, 2.24) is 15.3 Å². The van der Waals surface area contributed by atoms with Crippen LogP contribution in [0.2, 0.25) is 5.02 Å². The Balaban J connectivity index is 1.46. The third-order valence-electron chi connectivity index (χ3n) is 5.12. The Hall–Kier alpha value is -2.34. The van der Waals surface area contributed by atoms with Crippen molar-refractivity contribution >= 4 is 29.1 Å². The van der Waals surface area contributed by atoms with Gasteiger partial charge in [0.1, 0.15) is 17.5 Å². The maximum absolute atomic E-state index is 12.3. The third-order valence-corrected chi connectivity index (χ3v) is 5.35. The Kier molecular flexibility index (Phi) is 6.73. The molecule has 0 bridgehead atoms. The highest BCUT2D eigenvalue weighted by molar-refractivity contribution is 6.30.